The summed E-state index contributed by atoms with van der Waals surface area (Å²) in [5.41, 5.74) is -2.88. The van der Waals surface area contributed by atoms with Gasteiger partial charge in [-0.1, -0.05) is 0 Å². The van der Waals surface area contributed by atoms with Crippen LogP contribution in [0.25, 0.3) is 0 Å². The Morgan fingerprint density at radius 1 is 0.741 bits per heavy atom. The van der Waals surface area contributed by atoms with Crippen LogP contribution in [-0.4, -0.2) is 37.9 Å². The smallest absolute Gasteiger partial charge is 0.335 e. The van der Waals surface area contributed by atoms with Gasteiger partial charge in [0, 0.05) is 17.8 Å². The number of hydrogen-bond donors (Lipinski definition) is 3. The maximum Gasteiger partial charge on any atom is 0.335 e. The van der Waals surface area contributed by atoms with E-state index in [0.29, 0.717) is 6.07 Å². The zero-order valence-corrected chi connectivity index (χ0v) is 13.1. The second-order valence-corrected chi connectivity index (χ2v) is 5.12. The van der Waals surface area contributed by atoms with E-state index < -0.39 is 55.8 Å². The highest BCUT2D eigenvalue weighted by Crippen LogP contribution is 2.24. The summed E-state index contributed by atoms with van der Waals surface area (Å²) in [4.78, 5) is 54.3. The maximum absolute atomic E-state index is 12.3. The summed E-state index contributed by atoms with van der Waals surface area (Å²) in [5, 5.41) is 41.9. The molecule has 12 nitrogen and oxygen atoms in total. The van der Waals surface area contributed by atoms with E-state index >= 15 is 0 Å². The number of anilines is 1. The summed E-state index contributed by atoms with van der Waals surface area (Å²) in [6.07, 6.45) is 0. The number of amides is 1. The van der Waals surface area contributed by atoms with Crippen LogP contribution in [0.5, 0.6) is 0 Å². The number of benzene rings is 2. The number of nitrogens with zero attached hydrogens (tertiary/aromatic N) is 2. The van der Waals surface area contributed by atoms with Gasteiger partial charge in [-0.25, -0.2) is 9.59 Å². The van der Waals surface area contributed by atoms with Crippen molar-refractivity contribution in [3.8, 4) is 0 Å². The molecule has 0 fully saturated rings. The first kappa shape index (κ1) is 19.0. The minimum atomic E-state index is -1.44. The number of rotatable bonds is 6. The third kappa shape index (κ3) is 4.39. The molecule has 1 amide bonds. The highest BCUT2D eigenvalue weighted by atomic mass is 16.6. The lowest BCUT2D eigenvalue weighted by Crippen LogP contribution is -2.14. The van der Waals surface area contributed by atoms with Crippen molar-refractivity contribution in [1.29, 1.82) is 0 Å². The number of aromatic carboxylic acids is 2. The second-order valence-electron chi connectivity index (χ2n) is 5.12. The Morgan fingerprint density at radius 2 is 1.19 bits per heavy atom. The standard InChI is InChI=1S/C15H9N3O9/c19-13(7-4-11(17(24)25)6-12(5-7)18(26)27)16-10-2-8(14(20)21)1-9(3-10)15(22)23/h1-6H,(H,16,19)(H,20,21)(H,22,23). The Morgan fingerprint density at radius 3 is 1.56 bits per heavy atom. The third-order valence-electron chi connectivity index (χ3n) is 3.27. The maximum atomic E-state index is 12.3. The van der Waals surface area contributed by atoms with Crippen LogP contribution >= 0.6 is 0 Å². The average molecular weight is 375 g/mol. The van der Waals surface area contributed by atoms with E-state index in [1.54, 1.807) is 0 Å². The minimum absolute atomic E-state index is 0.216. The fourth-order valence-corrected chi connectivity index (χ4v) is 2.09. The molecule has 0 aromatic heterocycles. The van der Waals surface area contributed by atoms with Gasteiger partial charge in [0.1, 0.15) is 0 Å². The van der Waals surface area contributed by atoms with Crippen LogP contribution in [0.4, 0.5) is 17.1 Å². The number of carbonyl (C=O) groups excluding carboxylic acids is 1. The van der Waals surface area contributed by atoms with Crippen molar-refractivity contribution >= 4 is 34.9 Å². The van der Waals surface area contributed by atoms with Crippen LogP contribution in [0.1, 0.15) is 31.1 Å². The molecule has 2 rings (SSSR count). The van der Waals surface area contributed by atoms with E-state index in [1.165, 1.54) is 0 Å². The molecule has 0 atom stereocenters. The first-order valence-corrected chi connectivity index (χ1v) is 6.95. The molecule has 0 unspecified atom stereocenters. The van der Waals surface area contributed by atoms with Crippen LogP contribution < -0.4 is 5.32 Å². The largest absolute Gasteiger partial charge is 0.478 e. The van der Waals surface area contributed by atoms with Crippen molar-refractivity contribution in [1.82, 2.24) is 0 Å². The van der Waals surface area contributed by atoms with Gasteiger partial charge >= 0.3 is 11.9 Å². The lowest BCUT2D eigenvalue weighted by Gasteiger charge is -2.08. The summed E-state index contributed by atoms with van der Waals surface area (Å²) in [5.74, 6) is -3.92. The van der Waals surface area contributed by atoms with E-state index in [0.717, 1.165) is 30.3 Å². The topological polar surface area (TPSA) is 190 Å². The van der Waals surface area contributed by atoms with Gasteiger partial charge in [0.05, 0.1) is 32.6 Å². The van der Waals surface area contributed by atoms with Crippen molar-refractivity contribution in [3.05, 3.63) is 73.3 Å². The Bertz CT molecular complexity index is 936. The van der Waals surface area contributed by atoms with E-state index in [1.807, 2.05) is 0 Å². The predicted molar refractivity (Wildman–Crippen MR) is 88.1 cm³/mol. The van der Waals surface area contributed by atoms with Gasteiger partial charge in [-0.2, -0.15) is 0 Å². The Balaban J connectivity index is 2.45. The number of carboxylic acid groups (broad SMARTS) is 2. The van der Waals surface area contributed by atoms with Crippen molar-refractivity contribution < 1.29 is 34.4 Å². The quantitative estimate of drug-likeness (QED) is 0.501. The molecule has 0 aliphatic heterocycles. The number of nitro groups is 2. The van der Waals surface area contributed by atoms with Gasteiger partial charge in [0.15, 0.2) is 0 Å². The SMILES string of the molecule is O=C(O)c1cc(NC(=O)c2cc([N+](=O)[O-])cc([N+](=O)[O-])c2)cc(C(=O)O)c1. The van der Waals surface area contributed by atoms with E-state index in [-0.39, 0.29) is 5.69 Å². The Hall–Kier alpha value is -4.35. The average Bonchev–Trinajstić information content (AvgIpc) is 2.60. The Kier molecular flexibility index (Phi) is 5.11. The van der Waals surface area contributed by atoms with Crippen LogP contribution in [0, 0.1) is 20.2 Å². The summed E-state index contributed by atoms with van der Waals surface area (Å²) in [6.45, 7) is 0. The van der Waals surface area contributed by atoms with Gasteiger partial charge in [-0.05, 0) is 18.2 Å². The molecule has 0 aliphatic rings. The molecule has 2 aromatic rings. The zero-order chi connectivity index (χ0) is 20.3. The van der Waals surface area contributed by atoms with Gasteiger partial charge < -0.3 is 15.5 Å². The van der Waals surface area contributed by atoms with E-state index in [9.17, 15) is 34.6 Å². The second kappa shape index (κ2) is 7.26. The predicted octanol–water partition coefficient (Wildman–Crippen LogP) is 2.15. The normalized spacial score (nSPS) is 10.1. The lowest BCUT2D eigenvalue weighted by molar-refractivity contribution is -0.394. The molecule has 12 heteroatoms. The first-order valence-electron chi connectivity index (χ1n) is 6.95. The van der Waals surface area contributed by atoms with Crippen LogP contribution in [0.2, 0.25) is 0 Å². The van der Waals surface area contributed by atoms with E-state index in [4.69, 9.17) is 10.2 Å². The Labute approximate surface area is 149 Å². The highest BCUT2D eigenvalue weighted by molar-refractivity contribution is 6.06. The van der Waals surface area contributed by atoms with Crippen molar-refractivity contribution in [2.24, 2.45) is 0 Å². The molecule has 138 valence electrons. The van der Waals surface area contributed by atoms with Crippen LogP contribution in [0.15, 0.2) is 36.4 Å². The van der Waals surface area contributed by atoms with Gasteiger partial charge in [0.2, 0.25) is 0 Å². The molecule has 2 aromatic carbocycles. The summed E-state index contributed by atoms with van der Waals surface area (Å²) in [6, 6.07) is 5.07. The molecule has 0 spiro atoms. The molecule has 0 aliphatic carbocycles. The molecule has 27 heavy (non-hydrogen) atoms. The van der Waals surface area contributed by atoms with Gasteiger partial charge in [-0.15, -0.1) is 0 Å². The van der Waals surface area contributed by atoms with E-state index in [2.05, 4.69) is 5.32 Å². The number of nitro benzene ring substituents is 2. The lowest BCUT2D eigenvalue weighted by atomic mass is 10.1. The summed E-state index contributed by atoms with van der Waals surface area (Å²) >= 11 is 0. The molecule has 0 heterocycles. The molecular formula is C15H9N3O9. The van der Waals surface area contributed by atoms with Crippen LogP contribution in [0.3, 0.4) is 0 Å². The van der Waals surface area contributed by atoms with Crippen molar-refractivity contribution in [2.45, 2.75) is 0 Å². The van der Waals surface area contributed by atoms with Gasteiger partial charge in [0.25, 0.3) is 17.3 Å². The number of carboxylic acids is 2. The fraction of sp³-hybridized carbons (Fsp3) is 0. The number of non-ortho nitro benzene ring substituents is 2. The molecule has 0 bridgehead atoms. The molecule has 0 radical (unpaired) electrons. The fourth-order valence-electron chi connectivity index (χ4n) is 2.09. The number of carbonyl (C=O) groups is 3. The molecule has 0 saturated heterocycles. The summed E-state index contributed by atoms with van der Waals surface area (Å²) in [7, 11) is 0. The molecular weight excluding hydrogens is 366 g/mol. The minimum Gasteiger partial charge on any atom is -0.478 e. The summed E-state index contributed by atoms with van der Waals surface area (Å²) < 4.78 is 0. The molecule has 0 saturated carbocycles. The number of nitrogens with one attached hydrogen (secondary N) is 1. The van der Waals surface area contributed by atoms with Crippen LogP contribution in [-0.2, 0) is 0 Å². The van der Waals surface area contributed by atoms with Crippen molar-refractivity contribution in [3.63, 3.8) is 0 Å². The monoisotopic (exact) mass is 375 g/mol. The zero-order valence-electron chi connectivity index (χ0n) is 13.1. The first-order chi connectivity index (χ1) is 12.6. The molecule has 3 N–H and O–H groups in total. The highest BCUT2D eigenvalue weighted by Gasteiger charge is 2.20. The van der Waals surface area contributed by atoms with Gasteiger partial charge in [-0.3, -0.25) is 25.0 Å². The number of hydrogen-bond acceptors (Lipinski definition) is 7. The third-order valence-corrected chi connectivity index (χ3v) is 3.27. The van der Waals surface area contributed by atoms with Crippen molar-refractivity contribution in [2.75, 3.05) is 5.32 Å².